The zero-order chi connectivity index (χ0) is 17.9. The van der Waals surface area contributed by atoms with Gasteiger partial charge in [0.1, 0.15) is 0 Å². The lowest BCUT2D eigenvalue weighted by atomic mass is 9.96. The highest BCUT2D eigenvalue weighted by atomic mass is 16.4. The first-order valence-corrected chi connectivity index (χ1v) is 10.5. The van der Waals surface area contributed by atoms with Gasteiger partial charge in [0, 0.05) is 0 Å². The molecule has 1 radical (unpaired) electrons. The molecule has 0 aromatic heterocycles. The fourth-order valence-electron chi connectivity index (χ4n) is 3.31. The van der Waals surface area contributed by atoms with E-state index in [9.17, 15) is 9.90 Å². The molecule has 0 saturated heterocycles. The standard InChI is InChI=1S/C21H41O3/c1-2-3-4-5-6-7-8-9-10-11-12-13-14-15-17-20(21(23)24)18-16-19-22/h20H,2-19H2,1H3,(H,23,24). The van der Waals surface area contributed by atoms with Crippen LogP contribution < -0.4 is 0 Å². The van der Waals surface area contributed by atoms with Crippen molar-refractivity contribution in [2.45, 2.75) is 116 Å². The van der Waals surface area contributed by atoms with Gasteiger partial charge in [-0.15, -0.1) is 0 Å². The summed E-state index contributed by atoms with van der Waals surface area (Å²) in [7, 11) is 0. The quantitative estimate of drug-likeness (QED) is 0.263. The van der Waals surface area contributed by atoms with Crippen molar-refractivity contribution >= 4 is 5.97 Å². The molecule has 1 N–H and O–H groups in total. The van der Waals surface area contributed by atoms with Crippen LogP contribution in [0.15, 0.2) is 0 Å². The minimum absolute atomic E-state index is 0.150. The van der Waals surface area contributed by atoms with Crippen molar-refractivity contribution in [3.05, 3.63) is 0 Å². The lowest BCUT2D eigenvalue weighted by molar-refractivity contribution is -0.142. The first-order valence-electron chi connectivity index (χ1n) is 10.5. The van der Waals surface area contributed by atoms with Gasteiger partial charge in [-0.1, -0.05) is 96.8 Å². The molecule has 0 saturated carbocycles. The van der Waals surface area contributed by atoms with Crippen molar-refractivity contribution < 1.29 is 15.0 Å². The number of aliphatic carboxylic acids is 1. The molecule has 0 aromatic carbocycles. The van der Waals surface area contributed by atoms with E-state index in [0.717, 1.165) is 19.3 Å². The van der Waals surface area contributed by atoms with Gasteiger partial charge in [-0.05, 0) is 19.3 Å². The summed E-state index contributed by atoms with van der Waals surface area (Å²) in [5, 5.41) is 19.6. The van der Waals surface area contributed by atoms with E-state index in [2.05, 4.69) is 6.92 Å². The molecule has 0 spiro atoms. The molecule has 1 atom stereocenters. The molecular formula is C21H41O3. The summed E-state index contributed by atoms with van der Waals surface area (Å²) >= 11 is 0. The van der Waals surface area contributed by atoms with Crippen LogP contribution in [0.5, 0.6) is 0 Å². The third kappa shape index (κ3) is 16.3. The molecule has 0 rings (SSSR count). The molecule has 1 unspecified atom stereocenters. The molecule has 0 aliphatic heterocycles. The third-order valence-corrected chi connectivity index (χ3v) is 4.95. The number of carbonyl (C=O) groups is 1. The summed E-state index contributed by atoms with van der Waals surface area (Å²) in [6, 6.07) is 0. The number of hydrogen-bond acceptors (Lipinski definition) is 1. The van der Waals surface area contributed by atoms with E-state index < -0.39 is 5.97 Å². The molecule has 0 aliphatic carbocycles. The smallest absolute Gasteiger partial charge is 0.306 e. The van der Waals surface area contributed by atoms with Crippen LogP contribution in [0.2, 0.25) is 0 Å². The van der Waals surface area contributed by atoms with Crippen LogP contribution >= 0.6 is 0 Å². The molecule has 0 aliphatic rings. The van der Waals surface area contributed by atoms with Crippen molar-refractivity contribution in [2.24, 2.45) is 5.92 Å². The van der Waals surface area contributed by atoms with Gasteiger partial charge in [-0.2, -0.15) is 0 Å². The van der Waals surface area contributed by atoms with Crippen LogP contribution in [0.1, 0.15) is 116 Å². The fraction of sp³-hybridized carbons (Fsp3) is 0.952. The van der Waals surface area contributed by atoms with Crippen molar-refractivity contribution in [3.8, 4) is 0 Å². The predicted octanol–water partition coefficient (Wildman–Crippen LogP) is 6.77. The van der Waals surface area contributed by atoms with Crippen LogP contribution in [0, 0.1) is 5.92 Å². The average molecular weight is 342 g/mol. The molecule has 143 valence electrons. The van der Waals surface area contributed by atoms with Gasteiger partial charge in [0.05, 0.1) is 12.5 Å². The Morgan fingerprint density at radius 1 is 0.667 bits per heavy atom. The number of carboxylic acids is 1. The maximum Gasteiger partial charge on any atom is 0.306 e. The minimum Gasteiger partial charge on any atom is -0.481 e. The van der Waals surface area contributed by atoms with E-state index in [1.165, 1.54) is 77.0 Å². The summed E-state index contributed by atoms with van der Waals surface area (Å²) < 4.78 is 0. The largest absolute Gasteiger partial charge is 0.481 e. The number of carboxylic acid groups (broad SMARTS) is 1. The number of unbranched alkanes of at least 4 members (excludes halogenated alkanes) is 13. The van der Waals surface area contributed by atoms with Crippen molar-refractivity contribution in [2.75, 3.05) is 6.61 Å². The van der Waals surface area contributed by atoms with Crippen LogP contribution in [0.25, 0.3) is 0 Å². The van der Waals surface area contributed by atoms with Crippen LogP contribution in [0.4, 0.5) is 0 Å². The Bertz CT molecular complexity index is 266. The lowest BCUT2D eigenvalue weighted by Crippen LogP contribution is -2.14. The van der Waals surface area contributed by atoms with Crippen LogP contribution in [0.3, 0.4) is 0 Å². The topological polar surface area (TPSA) is 57.2 Å². The normalized spacial score (nSPS) is 12.4. The molecule has 3 nitrogen and oxygen atoms in total. The number of hydrogen-bond donors (Lipinski definition) is 1. The Kier molecular flexibility index (Phi) is 18.3. The Morgan fingerprint density at radius 3 is 1.42 bits per heavy atom. The predicted molar refractivity (Wildman–Crippen MR) is 101 cm³/mol. The van der Waals surface area contributed by atoms with E-state index in [1.807, 2.05) is 0 Å². The fourth-order valence-corrected chi connectivity index (χ4v) is 3.31. The Hall–Kier alpha value is -0.570. The molecular weight excluding hydrogens is 300 g/mol. The summed E-state index contributed by atoms with van der Waals surface area (Å²) in [6.45, 7) is 2.11. The van der Waals surface area contributed by atoms with Crippen molar-refractivity contribution in [1.82, 2.24) is 0 Å². The molecule has 3 heteroatoms. The Morgan fingerprint density at radius 2 is 1.04 bits per heavy atom. The molecule has 0 heterocycles. The van der Waals surface area contributed by atoms with Crippen molar-refractivity contribution in [1.29, 1.82) is 0 Å². The van der Waals surface area contributed by atoms with Gasteiger partial charge in [-0.25, -0.2) is 5.11 Å². The average Bonchev–Trinajstić information content (AvgIpc) is 2.57. The summed E-state index contributed by atoms with van der Waals surface area (Å²) in [6.07, 6.45) is 20.3. The highest BCUT2D eigenvalue weighted by molar-refractivity contribution is 5.69. The van der Waals surface area contributed by atoms with Gasteiger partial charge in [-0.3, -0.25) is 4.79 Å². The van der Waals surface area contributed by atoms with Gasteiger partial charge < -0.3 is 5.11 Å². The molecule has 0 fully saturated rings. The van der Waals surface area contributed by atoms with E-state index in [0.29, 0.717) is 12.8 Å². The zero-order valence-electron chi connectivity index (χ0n) is 16.1. The van der Waals surface area contributed by atoms with E-state index in [4.69, 9.17) is 5.11 Å². The third-order valence-electron chi connectivity index (χ3n) is 4.95. The van der Waals surface area contributed by atoms with E-state index >= 15 is 0 Å². The van der Waals surface area contributed by atoms with Crippen LogP contribution in [-0.4, -0.2) is 17.7 Å². The van der Waals surface area contributed by atoms with Crippen LogP contribution in [-0.2, 0) is 9.90 Å². The molecule has 0 bridgehead atoms. The number of rotatable bonds is 19. The summed E-state index contributed by atoms with van der Waals surface area (Å²) in [4.78, 5) is 11.1. The lowest BCUT2D eigenvalue weighted by Gasteiger charge is -2.10. The van der Waals surface area contributed by atoms with Gasteiger partial charge in [0.2, 0.25) is 0 Å². The van der Waals surface area contributed by atoms with Gasteiger partial charge in [0.15, 0.2) is 0 Å². The highest BCUT2D eigenvalue weighted by Gasteiger charge is 2.15. The second-order valence-corrected chi connectivity index (χ2v) is 7.27. The SMILES string of the molecule is CCCCCCCCCCCCCCCCC(CCC[O])C(=O)O. The monoisotopic (exact) mass is 341 g/mol. The maximum absolute atomic E-state index is 11.1. The maximum atomic E-state index is 11.1. The van der Waals surface area contributed by atoms with Gasteiger partial charge >= 0.3 is 5.97 Å². The van der Waals surface area contributed by atoms with Gasteiger partial charge in [0.25, 0.3) is 0 Å². The molecule has 24 heavy (non-hydrogen) atoms. The first kappa shape index (κ1) is 23.4. The Balaban J connectivity index is 3.25. The summed E-state index contributed by atoms with van der Waals surface area (Å²) in [5.74, 6) is -1.02. The molecule has 0 aromatic rings. The summed E-state index contributed by atoms with van der Waals surface area (Å²) in [5.41, 5.74) is 0. The first-order chi connectivity index (χ1) is 11.7. The zero-order valence-corrected chi connectivity index (χ0v) is 16.1. The second kappa shape index (κ2) is 18.8. The highest BCUT2D eigenvalue weighted by Crippen LogP contribution is 2.18. The second-order valence-electron chi connectivity index (χ2n) is 7.27. The molecule has 0 amide bonds. The van der Waals surface area contributed by atoms with Crippen molar-refractivity contribution in [3.63, 3.8) is 0 Å². The Labute approximate surface area is 150 Å². The van der Waals surface area contributed by atoms with E-state index in [-0.39, 0.29) is 12.5 Å². The minimum atomic E-state index is -0.724. The van der Waals surface area contributed by atoms with E-state index in [1.54, 1.807) is 0 Å².